The molecule has 0 radical (unpaired) electrons. The van der Waals surface area contributed by atoms with Crippen molar-refractivity contribution in [1.29, 1.82) is 0 Å². The molecule has 0 spiro atoms. The fraction of sp³-hybridized carbons (Fsp3) is 0.667. The Bertz CT molecular complexity index is 297. The fourth-order valence-corrected chi connectivity index (χ4v) is 2.34. The van der Waals surface area contributed by atoms with Gasteiger partial charge in [-0.15, -0.1) is 0 Å². The molecule has 1 unspecified atom stereocenters. The van der Waals surface area contributed by atoms with Gasteiger partial charge in [0.2, 0.25) is 0 Å². The predicted molar refractivity (Wildman–Crippen MR) is 69.3 cm³/mol. The molecule has 0 bridgehead atoms. The van der Waals surface area contributed by atoms with E-state index in [-0.39, 0.29) is 5.92 Å². The smallest absolute Gasteiger partial charge is 0.140 e. The molecule has 16 heavy (non-hydrogen) atoms. The lowest BCUT2D eigenvalue weighted by molar-refractivity contribution is -0.123. The Morgan fingerprint density at radius 1 is 1.38 bits per heavy atom. The number of rotatable bonds is 1. The molecule has 0 aromatic heterocycles. The van der Waals surface area contributed by atoms with Gasteiger partial charge in [0.1, 0.15) is 5.78 Å². The van der Waals surface area contributed by atoms with E-state index >= 15 is 0 Å². The lowest BCUT2D eigenvalue weighted by atomic mass is 9.83. The molecule has 1 nitrogen and oxygen atoms in total. The second kappa shape index (κ2) is 6.03. The summed E-state index contributed by atoms with van der Waals surface area (Å²) in [4.78, 5) is 12.1. The number of ketones is 1. The third-order valence-corrected chi connectivity index (χ3v) is 3.48. The molecular formula is C15H24O. The Labute approximate surface area is 99.6 Å². The lowest BCUT2D eigenvalue weighted by Crippen LogP contribution is -2.21. The van der Waals surface area contributed by atoms with Crippen LogP contribution in [0.1, 0.15) is 52.9 Å². The van der Waals surface area contributed by atoms with Crippen molar-refractivity contribution in [1.82, 2.24) is 0 Å². The summed E-state index contributed by atoms with van der Waals surface area (Å²) >= 11 is 0. The molecule has 0 aromatic rings. The van der Waals surface area contributed by atoms with Crippen LogP contribution in [0.15, 0.2) is 23.8 Å². The van der Waals surface area contributed by atoms with E-state index in [2.05, 4.69) is 33.4 Å². The summed E-state index contributed by atoms with van der Waals surface area (Å²) in [6.07, 6.45) is 6.99. The van der Waals surface area contributed by atoms with E-state index in [0.717, 1.165) is 31.3 Å². The van der Waals surface area contributed by atoms with Crippen molar-refractivity contribution < 1.29 is 4.79 Å². The van der Waals surface area contributed by atoms with Gasteiger partial charge in [0.25, 0.3) is 0 Å². The van der Waals surface area contributed by atoms with Crippen LogP contribution in [-0.4, -0.2) is 5.78 Å². The van der Waals surface area contributed by atoms with Crippen LogP contribution in [0.25, 0.3) is 0 Å². The Hall–Kier alpha value is -0.850. The summed E-state index contributed by atoms with van der Waals surface area (Å²) in [5.74, 6) is 1.07. The van der Waals surface area contributed by atoms with Gasteiger partial charge in [0, 0.05) is 12.3 Å². The molecule has 1 aliphatic rings. The molecule has 0 aliphatic heterocycles. The monoisotopic (exact) mass is 220 g/mol. The summed E-state index contributed by atoms with van der Waals surface area (Å²) in [6.45, 7) is 10.5. The molecule has 1 heteroatoms. The van der Waals surface area contributed by atoms with Gasteiger partial charge in [-0.2, -0.15) is 0 Å². The van der Waals surface area contributed by atoms with Gasteiger partial charge in [-0.05, 0) is 38.5 Å². The first-order valence-corrected chi connectivity index (χ1v) is 6.35. The average molecular weight is 220 g/mol. The maximum atomic E-state index is 12.1. The van der Waals surface area contributed by atoms with Crippen LogP contribution in [0.4, 0.5) is 0 Å². The van der Waals surface area contributed by atoms with E-state index in [0.29, 0.717) is 18.1 Å². The van der Waals surface area contributed by atoms with Crippen molar-refractivity contribution in [3.05, 3.63) is 23.8 Å². The maximum absolute atomic E-state index is 12.1. The largest absolute Gasteiger partial charge is 0.299 e. The Morgan fingerprint density at radius 2 is 2.06 bits per heavy atom. The summed E-state index contributed by atoms with van der Waals surface area (Å²) in [7, 11) is 0. The number of Topliss-reactive ketones (excluding diaryl/α,β-unsaturated/α-hetero) is 1. The van der Waals surface area contributed by atoms with Crippen molar-refractivity contribution in [2.75, 3.05) is 0 Å². The van der Waals surface area contributed by atoms with Crippen LogP contribution in [0.3, 0.4) is 0 Å². The third kappa shape index (κ3) is 3.96. The molecule has 0 fully saturated rings. The van der Waals surface area contributed by atoms with Crippen LogP contribution in [0.5, 0.6) is 0 Å². The van der Waals surface area contributed by atoms with Crippen LogP contribution in [0, 0.1) is 11.8 Å². The number of hydrogen-bond acceptors (Lipinski definition) is 1. The predicted octanol–water partition coefficient (Wildman–Crippen LogP) is 4.29. The zero-order valence-electron chi connectivity index (χ0n) is 10.9. The molecule has 1 rings (SSSR count). The first kappa shape index (κ1) is 13.2. The van der Waals surface area contributed by atoms with Crippen molar-refractivity contribution in [3.63, 3.8) is 0 Å². The van der Waals surface area contributed by atoms with Gasteiger partial charge in [-0.1, -0.05) is 37.6 Å². The molecule has 1 atom stereocenters. The van der Waals surface area contributed by atoms with Crippen LogP contribution < -0.4 is 0 Å². The average Bonchev–Trinajstić information content (AvgIpc) is 2.16. The SMILES string of the molecule is C=C1CC/C=C(/C)CCC(C(C)C)C(=O)C1. The Kier molecular flexibility index (Phi) is 4.98. The Balaban J connectivity index is 2.78. The molecule has 0 aromatic carbocycles. The van der Waals surface area contributed by atoms with Gasteiger partial charge in [-0.3, -0.25) is 4.79 Å². The minimum Gasteiger partial charge on any atom is -0.299 e. The van der Waals surface area contributed by atoms with Crippen molar-refractivity contribution in [2.45, 2.75) is 52.9 Å². The highest BCUT2D eigenvalue weighted by Gasteiger charge is 2.22. The van der Waals surface area contributed by atoms with Crippen LogP contribution >= 0.6 is 0 Å². The maximum Gasteiger partial charge on any atom is 0.140 e. The second-order valence-electron chi connectivity index (χ2n) is 5.37. The number of carbonyl (C=O) groups excluding carboxylic acids is 1. The molecule has 1 aliphatic carbocycles. The molecule has 0 heterocycles. The normalized spacial score (nSPS) is 27.8. The fourth-order valence-electron chi connectivity index (χ4n) is 2.34. The number of hydrogen-bond donors (Lipinski definition) is 0. The molecule has 0 amide bonds. The highest BCUT2D eigenvalue weighted by molar-refractivity contribution is 5.83. The summed E-state index contributed by atoms with van der Waals surface area (Å²) in [6, 6.07) is 0. The third-order valence-electron chi connectivity index (χ3n) is 3.48. The van der Waals surface area contributed by atoms with Crippen molar-refractivity contribution in [2.24, 2.45) is 11.8 Å². The van der Waals surface area contributed by atoms with E-state index < -0.39 is 0 Å². The van der Waals surface area contributed by atoms with E-state index in [4.69, 9.17) is 0 Å². The number of carbonyl (C=O) groups is 1. The van der Waals surface area contributed by atoms with E-state index in [1.54, 1.807) is 0 Å². The van der Waals surface area contributed by atoms with Crippen molar-refractivity contribution >= 4 is 5.78 Å². The van der Waals surface area contributed by atoms with E-state index in [1.165, 1.54) is 5.57 Å². The molecule has 0 saturated heterocycles. The molecule has 0 N–H and O–H groups in total. The minimum atomic E-state index is 0.221. The summed E-state index contributed by atoms with van der Waals surface area (Å²) in [5, 5.41) is 0. The lowest BCUT2D eigenvalue weighted by Gasteiger charge is -2.21. The van der Waals surface area contributed by atoms with Gasteiger partial charge in [0.15, 0.2) is 0 Å². The van der Waals surface area contributed by atoms with E-state index in [1.807, 2.05) is 0 Å². The minimum absolute atomic E-state index is 0.221. The second-order valence-corrected chi connectivity index (χ2v) is 5.37. The van der Waals surface area contributed by atoms with Crippen LogP contribution in [0.2, 0.25) is 0 Å². The topological polar surface area (TPSA) is 17.1 Å². The van der Waals surface area contributed by atoms with Gasteiger partial charge in [-0.25, -0.2) is 0 Å². The highest BCUT2D eigenvalue weighted by atomic mass is 16.1. The first-order chi connectivity index (χ1) is 7.50. The van der Waals surface area contributed by atoms with Crippen molar-refractivity contribution in [3.8, 4) is 0 Å². The first-order valence-electron chi connectivity index (χ1n) is 6.35. The summed E-state index contributed by atoms with van der Waals surface area (Å²) < 4.78 is 0. The van der Waals surface area contributed by atoms with Gasteiger partial charge in [0.05, 0.1) is 0 Å². The zero-order valence-corrected chi connectivity index (χ0v) is 10.9. The Morgan fingerprint density at radius 3 is 2.69 bits per heavy atom. The number of allylic oxidation sites excluding steroid dienone is 3. The molecular weight excluding hydrogens is 196 g/mol. The summed E-state index contributed by atoms with van der Waals surface area (Å²) in [5.41, 5.74) is 2.52. The van der Waals surface area contributed by atoms with Gasteiger partial charge < -0.3 is 0 Å². The molecule has 0 saturated carbocycles. The highest BCUT2D eigenvalue weighted by Crippen LogP contribution is 2.26. The van der Waals surface area contributed by atoms with Crippen LogP contribution in [-0.2, 0) is 4.79 Å². The quantitative estimate of drug-likeness (QED) is 0.602. The van der Waals surface area contributed by atoms with Gasteiger partial charge >= 0.3 is 0 Å². The molecule has 90 valence electrons. The van der Waals surface area contributed by atoms with E-state index in [9.17, 15) is 4.79 Å². The zero-order chi connectivity index (χ0) is 12.1. The standard InChI is InChI=1S/C15H24O/c1-11(2)14-9-8-12(3)6-5-7-13(4)10-15(14)16/h6,11,14H,4-5,7-10H2,1-3H3/b12-6-.